The molecule has 0 amide bonds. The van der Waals surface area contributed by atoms with E-state index in [1.807, 2.05) is 6.07 Å². The van der Waals surface area contributed by atoms with Gasteiger partial charge in [-0.1, -0.05) is 24.3 Å². The predicted molar refractivity (Wildman–Crippen MR) is 86.4 cm³/mol. The molecule has 4 heteroatoms. The van der Waals surface area contributed by atoms with E-state index >= 15 is 0 Å². The highest BCUT2D eigenvalue weighted by Gasteiger charge is 2.25. The molecule has 0 atom stereocenters. The van der Waals surface area contributed by atoms with E-state index in [4.69, 9.17) is 9.47 Å². The first kappa shape index (κ1) is 15.0. The lowest BCUT2D eigenvalue weighted by atomic mass is 9.86. The molecule has 0 bridgehead atoms. The van der Waals surface area contributed by atoms with Gasteiger partial charge in [0.25, 0.3) is 0 Å². The van der Waals surface area contributed by atoms with Crippen molar-refractivity contribution in [2.24, 2.45) is 0 Å². The summed E-state index contributed by atoms with van der Waals surface area (Å²) < 4.78 is 10.6. The van der Waals surface area contributed by atoms with E-state index in [2.05, 4.69) is 0 Å². The number of benzene rings is 2. The van der Waals surface area contributed by atoms with Gasteiger partial charge in [0.15, 0.2) is 11.6 Å². The van der Waals surface area contributed by atoms with E-state index in [0.29, 0.717) is 34.6 Å². The summed E-state index contributed by atoms with van der Waals surface area (Å²) in [5.41, 5.74) is 2.18. The van der Waals surface area contributed by atoms with Crippen LogP contribution in [0.25, 0.3) is 0 Å². The first-order chi connectivity index (χ1) is 11.1. The molecule has 0 saturated heterocycles. The van der Waals surface area contributed by atoms with Crippen molar-refractivity contribution in [1.82, 2.24) is 0 Å². The van der Waals surface area contributed by atoms with Gasteiger partial charge in [-0.25, -0.2) is 0 Å². The third-order valence-electron chi connectivity index (χ3n) is 3.90. The molecule has 0 spiro atoms. The van der Waals surface area contributed by atoms with Crippen LogP contribution in [-0.2, 0) is 6.42 Å². The second kappa shape index (κ2) is 6.08. The first-order valence-corrected chi connectivity index (χ1v) is 7.23. The van der Waals surface area contributed by atoms with Crippen LogP contribution in [0.4, 0.5) is 0 Å². The van der Waals surface area contributed by atoms with Crippen molar-refractivity contribution in [2.75, 3.05) is 14.2 Å². The van der Waals surface area contributed by atoms with Crippen molar-refractivity contribution in [3.05, 3.63) is 70.8 Å². The number of hydrogen-bond acceptors (Lipinski definition) is 4. The number of ketones is 2. The quantitative estimate of drug-likeness (QED) is 0.870. The van der Waals surface area contributed by atoms with Gasteiger partial charge in [-0.05, 0) is 24.3 Å². The van der Waals surface area contributed by atoms with Gasteiger partial charge in [-0.2, -0.15) is 0 Å². The van der Waals surface area contributed by atoms with Crippen LogP contribution >= 0.6 is 0 Å². The van der Waals surface area contributed by atoms with E-state index < -0.39 is 0 Å². The summed E-state index contributed by atoms with van der Waals surface area (Å²) in [5, 5.41) is 0. The topological polar surface area (TPSA) is 52.6 Å². The lowest BCUT2D eigenvalue weighted by Crippen LogP contribution is -2.18. The number of allylic oxidation sites excluding steroid dienone is 2. The number of ether oxygens (including phenoxy) is 2. The minimum absolute atomic E-state index is 0.120. The van der Waals surface area contributed by atoms with Crippen LogP contribution in [0, 0.1) is 0 Å². The highest BCUT2D eigenvalue weighted by molar-refractivity contribution is 6.24. The lowest BCUT2D eigenvalue weighted by molar-refractivity contribution is 0.0982. The van der Waals surface area contributed by atoms with Crippen LogP contribution in [0.1, 0.15) is 26.3 Å². The Balaban J connectivity index is 1.98. The van der Waals surface area contributed by atoms with Crippen LogP contribution in [0.15, 0.2) is 54.1 Å². The van der Waals surface area contributed by atoms with Gasteiger partial charge < -0.3 is 9.47 Å². The van der Waals surface area contributed by atoms with E-state index in [1.165, 1.54) is 6.08 Å². The molecule has 23 heavy (non-hydrogen) atoms. The molecule has 2 aromatic rings. The third kappa shape index (κ3) is 2.75. The molecule has 116 valence electrons. The third-order valence-corrected chi connectivity index (χ3v) is 3.90. The molecule has 1 aliphatic carbocycles. The molecular formula is C19H16O4. The van der Waals surface area contributed by atoms with Crippen molar-refractivity contribution in [3.8, 4) is 11.5 Å². The fourth-order valence-corrected chi connectivity index (χ4v) is 2.73. The zero-order chi connectivity index (χ0) is 16.4. The number of Topliss-reactive ketones (excluding diaryl/α,β-unsaturated/α-hetero) is 1. The molecule has 0 saturated carbocycles. The Morgan fingerprint density at radius 3 is 2.35 bits per heavy atom. The highest BCUT2D eigenvalue weighted by atomic mass is 16.5. The largest absolute Gasteiger partial charge is 0.497 e. The molecule has 3 rings (SSSR count). The van der Waals surface area contributed by atoms with Crippen molar-refractivity contribution in [1.29, 1.82) is 0 Å². The number of rotatable bonds is 4. The van der Waals surface area contributed by atoms with Crippen LogP contribution in [0.2, 0.25) is 0 Å². The summed E-state index contributed by atoms with van der Waals surface area (Å²) in [4.78, 5) is 24.9. The zero-order valence-electron chi connectivity index (χ0n) is 13.0. The van der Waals surface area contributed by atoms with Crippen LogP contribution in [-0.4, -0.2) is 25.8 Å². The van der Waals surface area contributed by atoms with Crippen LogP contribution < -0.4 is 9.47 Å². The van der Waals surface area contributed by atoms with Crippen LogP contribution in [0.3, 0.4) is 0 Å². The Bertz CT molecular complexity index is 818. The molecule has 4 nitrogen and oxygen atoms in total. The van der Waals surface area contributed by atoms with Crippen molar-refractivity contribution in [2.45, 2.75) is 6.42 Å². The lowest BCUT2D eigenvalue weighted by Gasteiger charge is -2.16. The average Bonchev–Trinajstić information content (AvgIpc) is 2.59. The van der Waals surface area contributed by atoms with Gasteiger partial charge in [0.2, 0.25) is 0 Å². The molecule has 0 heterocycles. The van der Waals surface area contributed by atoms with Gasteiger partial charge >= 0.3 is 0 Å². The standard InChI is InChI=1S/C19H16O4/c1-22-14-7-8-18(23-2)12(10-14)9-13-11-17(20)15-5-3-4-6-16(15)19(13)21/h3-8,10-11H,9H2,1-2H3. The van der Waals surface area contributed by atoms with Gasteiger partial charge in [0.05, 0.1) is 14.2 Å². The summed E-state index contributed by atoms with van der Waals surface area (Å²) in [6.07, 6.45) is 1.74. The number of carbonyl (C=O) groups is 2. The predicted octanol–water partition coefficient (Wildman–Crippen LogP) is 3.25. The second-order valence-electron chi connectivity index (χ2n) is 5.26. The Morgan fingerprint density at radius 2 is 1.65 bits per heavy atom. The molecule has 0 fully saturated rings. The molecule has 0 N–H and O–H groups in total. The maximum absolute atomic E-state index is 12.6. The molecule has 0 aliphatic heterocycles. The fraction of sp³-hybridized carbons (Fsp3) is 0.158. The maximum Gasteiger partial charge on any atom is 0.190 e. The van der Waals surface area contributed by atoms with Crippen molar-refractivity contribution >= 4 is 11.6 Å². The number of methoxy groups -OCH3 is 2. The molecule has 0 radical (unpaired) electrons. The van der Waals surface area contributed by atoms with E-state index in [1.54, 1.807) is 50.6 Å². The molecule has 0 unspecified atom stereocenters. The van der Waals surface area contributed by atoms with Crippen molar-refractivity contribution < 1.29 is 19.1 Å². The molecule has 1 aliphatic rings. The smallest absolute Gasteiger partial charge is 0.190 e. The second-order valence-corrected chi connectivity index (χ2v) is 5.26. The van der Waals surface area contributed by atoms with Crippen molar-refractivity contribution in [3.63, 3.8) is 0 Å². The normalized spacial score (nSPS) is 13.4. The summed E-state index contributed by atoms with van der Waals surface area (Å²) in [5.74, 6) is 1.07. The molecular weight excluding hydrogens is 292 g/mol. The average molecular weight is 308 g/mol. The van der Waals surface area contributed by atoms with Gasteiger partial charge in [0, 0.05) is 28.7 Å². The number of fused-ring (bicyclic) bond motifs is 1. The Morgan fingerprint density at radius 1 is 0.913 bits per heavy atom. The first-order valence-electron chi connectivity index (χ1n) is 7.23. The summed E-state index contributed by atoms with van der Waals surface area (Å²) in [7, 11) is 3.15. The van der Waals surface area contributed by atoms with E-state index in [-0.39, 0.29) is 11.6 Å². The number of carbonyl (C=O) groups excluding carboxylic acids is 2. The Kier molecular flexibility index (Phi) is 3.98. The minimum atomic E-state index is -0.142. The minimum Gasteiger partial charge on any atom is -0.497 e. The van der Waals surface area contributed by atoms with E-state index in [9.17, 15) is 9.59 Å². The summed E-state index contributed by atoms with van der Waals surface area (Å²) in [6, 6.07) is 12.3. The monoisotopic (exact) mass is 308 g/mol. The number of hydrogen-bond donors (Lipinski definition) is 0. The van der Waals surface area contributed by atoms with Gasteiger partial charge in [-0.3, -0.25) is 9.59 Å². The van der Waals surface area contributed by atoms with Gasteiger partial charge in [-0.15, -0.1) is 0 Å². The molecule has 0 aromatic heterocycles. The molecule has 2 aromatic carbocycles. The van der Waals surface area contributed by atoms with Crippen LogP contribution in [0.5, 0.6) is 11.5 Å². The maximum atomic E-state index is 12.6. The zero-order valence-corrected chi connectivity index (χ0v) is 13.0. The summed E-state index contributed by atoms with van der Waals surface area (Å²) in [6.45, 7) is 0. The van der Waals surface area contributed by atoms with E-state index in [0.717, 1.165) is 5.56 Å². The SMILES string of the molecule is COc1ccc(OC)c(CC2=CC(=O)c3ccccc3C2=O)c1. The Labute approximate surface area is 134 Å². The van der Waals surface area contributed by atoms with Gasteiger partial charge in [0.1, 0.15) is 11.5 Å². The highest BCUT2D eigenvalue weighted by Crippen LogP contribution is 2.29. The summed E-state index contributed by atoms with van der Waals surface area (Å²) >= 11 is 0. The fourth-order valence-electron chi connectivity index (χ4n) is 2.73. The Hall–Kier alpha value is -2.88.